The fourth-order valence-corrected chi connectivity index (χ4v) is 4.51. The highest BCUT2D eigenvalue weighted by atomic mass is 79.9. The van der Waals surface area contributed by atoms with Gasteiger partial charge in [-0.3, -0.25) is 9.59 Å². The summed E-state index contributed by atoms with van der Waals surface area (Å²) in [6.07, 6.45) is 0. The molecule has 164 valence electrons. The zero-order chi connectivity index (χ0) is 23.3. The molecule has 2 amide bonds. The SMILES string of the molecule is CC1(C)C(=O)Nc2ccc(-c3cccc(Cl)c3)cc21.CC1(C)C(=O)Nc2ccc(Br)cc21. The maximum Gasteiger partial charge on any atom is 0.234 e. The Balaban J connectivity index is 0.000000165. The van der Waals surface area contributed by atoms with Crippen molar-refractivity contribution in [2.45, 2.75) is 38.5 Å². The molecular weight excluding hydrogens is 488 g/mol. The predicted octanol–water partition coefficient (Wildman–Crippen LogP) is 6.92. The molecule has 0 radical (unpaired) electrons. The van der Waals surface area contributed by atoms with Gasteiger partial charge in [-0.25, -0.2) is 0 Å². The number of hydrogen-bond donors (Lipinski definition) is 2. The van der Waals surface area contributed by atoms with E-state index in [1.807, 2.05) is 82.3 Å². The molecule has 0 atom stereocenters. The molecule has 4 nitrogen and oxygen atoms in total. The van der Waals surface area contributed by atoms with Crippen LogP contribution in [0.3, 0.4) is 0 Å². The molecule has 0 fully saturated rings. The summed E-state index contributed by atoms with van der Waals surface area (Å²) in [5, 5.41) is 6.48. The van der Waals surface area contributed by atoms with Gasteiger partial charge in [0.05, 0.1) is 10.8 Å². The summed E-state index contributed by atoms with van der Waals surface area (Å²) in [4.78, 5) is 23.5. The van der Waals surface area contributed by atoms with Crippen molar-refractivity contribution in [3.63, 3.8) is 0 Å². The van der Waals surface area contributed by atoms with Gasteiger partial charge >= 0.3 is 0 Å². The number of anilines is 2. The van der Waals surface area contributed by atoms with Crippen LogP contribution in [-0.4, -0.2) is 11.8 Å². The van der Waals surface area contributed by atoms with Crippen molar-refractivity contribution < 1.29 is 9.59 Å². The van der Waals surface area contributed by atoms with Crippen molar-refractivity contribution in [3.8, 4) is 11.1 Å². The van der Waals surface area contributed by atoms with Crippen molar-refractivity contribution in [3.05, 3.63) is 81.3 Å². The highest BCUT2D eigenvalue weighted by Crippen LogP contribution is 2.40. The minimum atomic E-state index is -0.482. The number of halogens is 2. The van der Waals surface area contributed by atoms with Crippen LogP contribution in [0.25, 0.3) is 11.1 Å². The lowest BCUT2D eigenvalue weighted by Crippen LogP contribution is -2.26. The Labute approximate surface area is 201 Å². The van der Waals surface area contributed by atoms with Crippen molar-refractivity contribution in [1.29, 1.82) is 0 Å². The lowest BCUT2D eigenvalue weighted by molar-refractivity contribution is -0.120. The Morgan fingerprint density at radius 1 is 0.719 bits per heavy atom. The zero-order valence-corrected chi connectivity index (χ0v) is 20.7. The molecule has 0 unspecified atom stereocenters. The fourth-order valence-electron chi connectivity index (χ4n) is 3.96. The van der Waals surface area contributed by atoms with Crippen LogP contribution in [0.15, 0.2) is 65.1 Å². The van der Waals surface area contributed by atoms with E-state index in [4.69, 9.17) is 11.6 Å². The molecule has 2 aliphatic rings. The smallest absolute Gasteiger partial charge is 0.234 e. The number of carbonyl (C=O) groups excluding carboxylic acids is 2. The van der Waals surface area contributed by atoms with Crippen molar-refractivity contribution in [2.24, 2.45) is 0 Å². The molecule has 6 heteroatoms. The predicted molar refractivity (Wildman–Crippen MR) is 134 cm³/mol. The first-order valence-electron chi connectivity index (χ1n) is 10.3. The first-order valence-corrected chi connectivity index (χ1v) is 11.5. The van der Waals surface area contributed by atoms with Crippen LogP contribution in [0, 0.1) is 0 Å². The third-order valence-corrected chi connectivity index (χ3v) is 6.87. The summed E-state index contributed by atoms with van der Waals surface area (Å²) >= 11 is 9.42. The van der Waals surface area contributed by atoms with Gasteiger partial charge in [-0.1, -0.05) is 45.7 Å². The van der Waals surface area contributed by atoms with Gasteiger partial charge < -0.3 is 10.6 Å². The topological polar surface area (TPSA) is 58.2 Å². The molecule has 0 saturated heterocycles. The van der Waals surface area contributed by atoms with Gasteiger partial charge in [0.2, 0.25) is 11.8 Å². The van der Waals surface area contributed by atoms with Crippen LogP contribution in [0.4, 0.5) is 11.4 Å². The molecule has 3 aromatic carbocycles. The Hall–Kier alpha value is -2.63. The van der Waals surface area contributed by atoms with E-state index in [9.17, 15) is 9.59 Å². The van der Waals surface area contributed by atoms with E-state index in [1.54, 1.807) is 0 Å². The van der Waals surface area contributed by atoms with Gasteiger partial charge in [0.15, 0.2) is 0 Å². The Morgan fingerprint density at radius 3 is 1.84 bits per heavy atom. The Kier molecular flexibility index (Phi) is 5.68. The number of benzene rings is 3. The van der Waals surface area contributed by atoms with E-state index in [0.29, 0.717) is 5.02 Å². The second-order valence-electron chi connectivity index (χ2n) is 9.12. The van der Waals surface area contributed by atoms with Gasteiger partial charge in [-0.05, 0) is 92.4 Å². The van der Waals surface area contributed by atoms with E-state index >= 15 is 0 Å². The van der Waals surface area contributed by atoms with Gasteiger partial charge in [-0.2, -0.15) is 0 Å². The normalized spacial score (nSPS) is 16.9. The van der Waals surface area contributed by atoms with Gasteiger partial charge in [-0.15, -0.1) is 0 Å². The molecule has 0 bridgehead atoms. The van der Waals surface area contributed by atoms with Crippen LogP contribution >= 0.6 is 27.5 Å². The summed E-state index contributed by atoms with van der Waals surface area (Å²) in [5.74, 6) is 0.117. The van der Waals surface area contributed by atoms with E-state index in [-0.39, 0.29) is 11.8 Å². The number of amides is 2. The maximum absolute atomic E-state index is 11.9. The largest absolute Gasteiger partial charge is 0.325 e. The zero-order valence-electron chi connectivity index (χ0n) is 18.3. The van der Waals surface area contributed by atoms with Gasteiger partial charge in [0.1, 0.15) is 0 Å². The molecule has 0 spiro atoms. The number of hydrogen-bond acceptors (Lipinski definition) is 2. The van der Waals surface area contributed by atoms with Crippen LogP contribution in [0.2, 0.25) is 5.02 Å². The second kappa shape index (κ2) is 8.05. The van der Waals surface area contributed by atoms with Crippen LogP contribution in [0.5, 0.6) is 0 Å². The molecule has 0 saturated carbocycles. The average Bonchev–Trinajstić information content (AvgIpc) is 3.11. The molecule has 3 aromatic rings. The summed E-state index contributed by atoms with van der Waals surface area (Å²) in [7, 11) is 0. The summed E-state index contributed by atoms with van der Waals surface area (Å²) in [6.45, 7) is 7.74. The Morgan fingerprint density at radius 2 is 1.25 bits per heavy atom. The van der Waals surface area contributed by atoms with E-state index in [0.717, 1.165) is 38.1 Å². The fraction of sp³-hybridized carbons (Fsp3) is 0.231. The van der Waals surface area contributed by atoms with Crippen LogP contribution in [0.1, 0.15) is 38.8 Å². The average molecular weight is 512 g/mol. The third-order valence-electron chi connectivity index (χ3n) is 6.14. The summed E-state index contributed by atoms with van der Waals surface area (Å²) < 4.78 is 1.01. The lowest BCUT2D eigenvalue weighted by Gasteiger charge is -2.16. The molecule has 2 aliphatic heterocycles. The maximum atomic E-state index is 11.9. The third kappa shape index (κ3) is 3.96. The second-order valence-corrected chi connectivity index (χ2v) is 10.5. The molecule has 5 rings (SSSR count). The van der Waals surface area contributed by atoms with E-state index < -0.39 is 10.8 Å². The molecule has 2 N–H and O–H groups in total. The molecular formula is C26H24BrClN2O2. The van der Waals surface area contributed by atoms with Gasteiger partial charge in [0, 0.05) is 20.9 Å². The number of nitrogens with one attached hydrogen (secondary N) is 2. The number of fused-ring (bicyclic) bond motifs is 2. The first kappa shape index (κ1) is 22.6. The standard InChI is InChI=1S/C16H14ClNO.C10H10BrNO/c1-16(2)13-9-11(6-7-14(13)18-15(16)19)10-4-3-5-12(17)8-10;1-10(2)7-5-6(11)3-4-8(7)12-9(10)13/h3-9H,1-2H3,(H,18,19);3-5H,1-2H3,(H,12,13). The molecule has 2 heterocycles. The van der Waals surface area contributed by atoms with Crippen LogP contribution in [-0.2, 0) is 20.4 Å². The molecule has 0 aliphatic carbocycles. The van der Waals surface area contributed by atoms with E-state index in [2.05, 4.69) is 32.6 Å². The van der Waals surface area contributed by atoms with Crippen LogP contribution < -0.4 is 10.6 Å². The van der Waals surface area contributed by atoms with Crippen molar-refractivity contribution >= 4 is 50.7 Å². The van der Waals surface area contributed by atoms with Gasteiger partial charge in [0.25, 0.3) is 0 Å². The molecule has 32 heavy (non-hydrogen) atoms. The quantitative estimate of drug-likeness (QED) is 0.373. The van der Waals surface area contributed by atoms with Crippen molar-refractivity contribution in [1.82, 2.24) is 0 Å². The minimum absolute atomic E-state index is 0.0470. The highest BCUT2D eigenvalue weighted by molar-refractivity contribution is 9.10. The summed E-state index contributed by atoms with van der Waals surface area (Å²) in [5.41, 5.74) is 5.18. The lowest BCUT2D eigenvalue weighted by atomic mass is 9.85. The van der Waals surface area contributed by atoms with Crippen molar-refractivity contribution in [2.75, 3.05) is 10.6 Å². The molecule has 0 aromatic heterocycles. The monoisotopic (exact) mass is 510 g/mol. The Bertz CT molecular complexity index is 1250. The first-order chi connectivity index (χ1) is 15.0. The minimum Gasteiger partial charge on any atom is -0.325 e. The number of rotatable bonds is 1. The number of carbonyl (C=O) groups is 2. The van der Waals surface area contributed by atoms with E-state index in [1.165, 1.54) is 0 Å². The summed E-state index contributed by atoms with van der Waals surface area (Å²) in [6, 6.07) is 19.6. The highest BCUT2D eigenvalue weighted by Gasteiger charge is 2.39.